The van der Waals surface area contributed by atoms with E-state index in [0.29, 0.717) is 5.82 Å². The molecule has 0 bridgehead atoms. The Morgan fingerprint density at radius 1 is 1.64 bits per heavy atom. The number of hydrogen-bond acceptors (Lipinski definition) is 3. The van der Waals surface area contributed by atoms with Crippen molar-refractivity contribution < 1.29 is 8.42 Å². The first-order chi connectivity index (χ1) is 6.63. The average molecular weight is 215 g/mol. The molecule has 1 heterocycles. The molecule has 78 valence electrons. The van der Waals surface area contributed by atoms with Gasteiger partial charge >= 0.3 is 0 Å². The predicted octanol–water partition coefficient (Wildman–Crippen LogP) is 0.876. The molecule has 0 radical (unpaired) electrons. The molecule has 1 aliphatic carbocycles. The first-order valence-electron chi connectivity index (χ1n) is 4.67. The van der Waals surface area contributed by atoms with Crippen LogP contribution in [0.4, 0.5) is 5.82 Å². The highest BCUT2D eigenvalue weighted by atomic mass is 32.2. The smallest absolute Gasteiger partial charge is 0.236 e. The van der Waals surface area contributed by atoms with E-state index in [1.165, 1.54) is 0 Å². The van der Waals surface area contributed by atoms with Crippen LogP contribution in [0, 0.1) is 0 Å². The zero-order valence-electron chi connectivity index (χ0n) is 7.95. The second kappa shape index (κ2) is 3.27. The predicted molar refractivity (Wildman–Crippen MR) is 53.5 cm³/mol. The summed E-state index contributed by atoms with van der Waals surface area (Å²) in [5.74, 6) is 0.513. The SMILES string of the molecule is CCc1cn[nH]c1NS(=O)(=O)C1CC1. The average Bonchev–Trinajstić information content (AvgIpc) is 2.89. The quantitative estimate of drug-likeness (QED) is 0.782. The van der Waals surface area contributed by atoms with Crippen LogP contribution in [-0.4, -0.2) is 23.9 Å². The third-order valence-electron chi connectivity index (χ3n) is 2.31. The van der Waals surface area contributed by atoms with Gasteiger partial charge in [-0.2, -0.15) is 5.10 Å². The molecule has 0 aromatic carbocycles. The van der Waals surface area contributed by atoms with Crippen molar-refractivity contribution in [3.63, 3.8) is 0 Å². The van der Waals surface area contributed by atoms with Crippen LogP contribution in [0.2, 0.25) is 0 Å². The van der Waals surface area contributed by atoms with Gasteiger partial charge in [-0.25, -0.2) is 8.42 Å². The number of nitrogens with one attached hydrogen (secondary N) is 2. The van der Waals surface area contributed by atoms with Crippen LogP contribution < -0.4 is 4.72 Å². The van der Waals surface area contributed by atoms with Crippen molar-refractivity contribution in [2.45, 2.75) is 31.4 Å². The third-order valence-corrected chi connectivity index (χ3v) is 4.14. The Bertz CT molecular complexity index is 420. The summed E-state index contributed by atoms with van der Waals surface area (Å²) in [7, 11) is -3.16. The second-order valence-corrected chi connectivity index (χ2v) is 5.43. The van der Waals surface area contributed by atoms with Crippen LogP contribution in [-0.2, 0) is 16.4 Å². The lowest BCUT2D eigenvalue weighted by atomic mass is 10.3. The molecule has 1 aromatic rings. The van der Waals surface area contributed by atoms with Crippen molar-refractivity contribution >= 4 is 15.8 Å². The van der Waals surface area contributed by atoms with E-state index in [4.69, 9.17) is 0 Å². The molecule has 2 rings (SSSR count). The van der Waals surface area contributed by atoms with Gasteiger partial charge in [0.1, 0.15) is 5.82 Å². The van der Waals surface area contributed by atoms with Crippen LogP contribution in [0.1, 0.15) is 25.3 Å². The number of aromatic amines is 1. The summed E-state index contributed by atoms with van der Waals surface area (Å²) in [6.07, 6.45) is 3.94. The standard InChI is InChI=1S/C8H13N3O2S/c1-2-6-5-9-10-8(6)11-14(12,13)7-3-4-7/h5,7H,2-4H2,1H3,(H2,9,10,11). The zero-order chi connectivity index (χ0) is 10.2. The van der Waals surface area contributed by atoms with Gasteiger partial charge in [-0.3, -0.25) is 9.82 Å². The molecule has 2 N–H and O–H groups in total. The van der Waals surface area contributed by atoms with Gasteiger partial charge in [0, 0.05) is 5.56 Å². The van der Waals surface area contributed by atoms with Gasteiger partial charge in [0.05, 0.1) is 11.4 Å². The summed E-state index contributed by atoms with van der Waals surface area (Å²) in [4.78, 5) is 0. The fourth-order valence-electron chi connectivity index (χ4n) is 1.27. The number of anilines is 1. The molecule has 5 nitrogen and oxygen atoms in total. The van der Waals surface area contributed by atoms with Gasteiger partial charge in [-0.15, -0.1) is 0 Å². The Balaban J connectivity index is 2.17. The van der Waals surface area contributed by atoms with E-state index >= 15 is 0 Å². The number of rotatable bonds is 4. The molecule has 0 spiro atoms. The molecule has 0 atom stereocenters. The minimum absolute atomic E-state index is 0.199. The largest absolute Gasteiger partial charge is 0.267 e. The van der Waals surface area contributed by atoms with E-state index in [9.17, 15) is 8.42 Å². The van der Waals surface area contributed by atoms with E-state index in [-0.39, 0.29) is 5.25 Å². The van der Waals surface area contributed by atoms with Crippen LogP contribution in [0.5, 0.6) is 0 Å². The first-order valence-corrected chi connectivity index (χ1v) is 6.22. The van der Waals surface area contributed by atoms with Crippen LogP contribution in [0.3, 0.4) is 0 Å². The minimum atomic E-state index is -3.16. The second-order valence-electron chi connectivity index (χ2n) is 3.47. The number of aryl methyl sites for hydroxylation is 1. The highest BCUT2D eigenvalue weighted by molar-refractivity contribution is 7.93. The fourth-order valence-corrected chi connectivity index (χ4v) is 2.66. The molecule has 0 aliphatic heterocycles. The zero-order valence-corrected chi connectivity index (χ0v) is 8.76. The minimum Gasteiger partial charge on any atom is -0.267 e. The molecular formula is C8H13N3O2S. The molecule has 0 saturated heterocycles. The van der Waals surface area contributed by atoms with Crippen molar-refractivity contribution in [3.05, 3.63) is 11.8 Å². The molecule has 14 heavy (non-hydrogen) atoms. The number of hydrogen-bond donors (Lipinski definition) is 2. The fraction of sp³-hybridized carbons (Fsp3) is 0.625. The maximum absolute atomic E-state index is 11.6. The molecule has 0 unspecified atom stereocenters. The van der Waals surface area contributed by atoms with E-state index in [2.05, 4.69) is 14.9 Å². The molecular weight excluding hydrogens is 202 g/mol. The molecule has 1 fully saturated rings. The van der Waals surface area contributed by atoms with Crippen molar-refractivity contribution in [3.8, 4) is 0 Å². The number of nitrogens with zero attached hydrogens (tertiary/aromatic N) is 1. The van der Waals surface area contributed by atoms with Gasteiger partial charge < -0.3 is 0 Å². The van der Waals surface area contributed by atoms with Gasteiger partial charge in [0.15, 0.2) is 0 Å². The van der Waals surface area contributed by atoms with Gasteiger partial charge in [-0.1, -0.05) is 6.92 Å². The molecule has 1 saturated carbocycles. The van der Waals surface area contributed by atoms with Crippen molar-refractivity contribution in [1.29, 1.82) is 0 Å². The summed E-state index contributed by atoms with van der Waals surface area (Å²) in [5.41, 5.74) is 0.897. The maximum atomic E-state index is 11.6. The summed E-state index contributed by atoms with van der Waals surface area (Å²) in [5, 5.41) is 6.26. The first kappa shape index (κ1) is 9.51. The van der Waals surface area contributed by atoms with Crippen LogP contribution >= 0.6 is 0 Å². The highest BCUT2D eigenvalue weighted by Crippen LogP contribution is 2.29. The summed E-state index contributed by atoms with van der Waals surface area (Å²) in [6.45, 7) is 1.96. The molecule has 1 aliphatic rings. The third kappa shape index (κ3) is 1.75. The molecule has 6 heteroatoms. The van der Waals surface area contributed by atoms with Gasteiger partial charge in [-0.05, 0) is 19.3 Å². The monoisotopic (exact) mass is 215 g/mol. The maximum Gasteiger partial charge on any atom is 0.236 e. The van der Waals surface area contributed by atoms with Crippen LogP contribution in [0.25, 0.3) is 0 Å². The molecule has 0 amide bonds. The Morgan fingerprint density at radius 2 is 2.36 bits per heavy atom. The van der Waals surface area contributed by atoms with Gasteiger partial charge in [0.25, 0.3) is 0 Å². The number of sulfonamides is 1. The van der Waals surface area contributed by atoms with Crippen molar-refractivity contribution in [1.82, 2.24) is 10.2 Å². The lowest BCUT2D eigenvalue weighted by molar-refractivity contribution is 0.599. The van der Waals surface area contributed by atoms with E-state index < -0.39 is 10.0 Å². The van der Waals surface area contributed by atoms with E-state index in [1.807, 2.05) is 6.92 Å². The lowest BCUT2D eigenvalue weighted by Crippen LogP contribution is -2.18. The summed E-state index contributed by atoms with van der Waals surface area (Å²) < 4.78 is 25.7. The summed E-state index contributed by atoms with van der Waals surface area (Å²) >= 11 is 0. The summed E-state index contributed by atoms with van der Waals surface area (Å²) in [6, 6.07) is 0. The lowest BCUT2D eigenvalue weighted by Gasteiger charge is -2.05. The number of aromatic nitrogens is 2. The number of H-pyrrole nitrogens is 1. The van der Waals surface area contributed by atoms with E-state index in [0.717, 1.165) is 24.8 Å². The van der Waals surface area contributed by atoms with Crippen molar-refractivity contribution in [2.24, 2.45) is 0 Å². The van der Waals surface area contributed by atoms with Gasteiger partial charge in [0.2, 0.25) is 10.0 Å². The Kier molecular flexibility index (Phi) is 2.22. The topological polar surface area (TPSA) is 74.8 Å². The van der Waals surface area contributed by atoms with Crippen molar-refractivity contribution in [2.75, 3.05) is 4.72 Å². The Hall–Kier alpha value is -1.04. The highest BCUT2D eigenvalue weighted by Gasteiger charge is 2.36. The van der Waals surface area contributed by atoms with Crippen LogP contribution in [0.15, 0.2) is 6.20 Å². The Morgan fingerprint density at radius 3 is 2.93 bits per heavy atom. The van der Waals surface area contributed by atoms with E-state index in [1.54, 1.807) is 6.20 Å². The normalized spacial score (nSPS) is 16.9. The molecule has 1 aromatic heterocycles. The Labute approximate surface area is 83.0 Å².